The normalized spacial score (nSPS) is 18.2. The molecule has 0 fully saturated rings. The summed E-state index contributed by atoms with van der Waals surface area (Å²) in [7, 11) is 1.54. The van der Waals surface area contributed by atoms with Crippen LogP contribution in [0.15, 0.2) is 48.9 Å². The molecule has 2 aromatic heterocycles. The summed E-state index contributed by atoms with van der Waals surface area (Å²) in [5, 5.41) is 17.2. The number of aldehydes is 1. The molecule has 3 aromatic rings. The molecule has 2 N–H and O–H groups in total. The summed E-state index contributed by atoms with van der Waals surface area (Å²) in [6.07, 6.45) is 2.31. The van der Waals surface area contributed by atoms with E-state index in [0.29, 0.717) is 23.1 Å². The molecule has 1 atom stereocenters. The van der Waals surface area contributed by atoms with Gasteiger partial charge in [-0.2, -0.15) is 18.3 Å². The van der Waals surface area contributed by atoms with Crippen LogP contribution in [-0.4, -0.2) is 38.8 Å². The largest absolute Gasteiger partial charge is 0.419 e. The van der Waals surface area contributed by atoms with E-state index in [1.54, 1.807) is 19.3 Å². The van der Waals surface area contributed by atoms with Gasteiger partial charge in [0.2, 0.25) is 0 Å². The first kappa shape index (κ1) is 24.2. The molecule has 1 aliphatic rings. The summed E-state index contributed by atoms with van der Waals surface area (Å²) in [5.41, 5.74) is -1.13. The van der Waals surface area contributed by atoms with Gasteiger partial charge >= 0.3 is 6.18 Å². The molecule has 0 bridgehead atoms. The zero-order chi connectivity index (χ0) is 24.2. The van der Waals surface area contributed by atoms with E-state index < -0.39 is 23.2 Å². The van der Waals surface area contributed by atoms with Crippen LogP contribution in [0.25, 0.3) is 5.65 Å². The Morgan fingerprint density at radius 2 is 2.09 bits per heavy atom. The fourth-order valence-corrected chi connectivity index (χ4v) is 3.39. The van der Waals surface area contributed by atoms with Crippen LogP contribution in [0.1, 0.15) is 39.9 Å². The summed E-state index contributed by atoms with van der Waals surface area (Å²) in [6.45, 7) is 0.0791. The van der Waals surface area contributed by atoms with Gasteiger partial charge in [-0.25, -0.2) is 13.9 Å². The summed E-state index contributed by atoms with van der Waals surface area (Å²) in [5.74, 6) is -1.22. The van der Waals surface area contributed by atoms with Crippen LogP contribution in [0.2, 0.25) is 0 Å². The van der Waals surface area contributed by atoms with Crippen LogP contribution in [-0.2, 0) is 23.1 Å². The number of hydrogen-bond donors (Lipinski definition) is 2. The zero-order valence-corrected chi connectivity index (χ0v) is 17.4. The number of benzene rings is 1. The number of fused-ring (bicyclic) bond motifs is 1. The summed E-state index contributed by atoms with van der Waals surface area (Å²) < 4.78 is 51.3. The third-order valence-electron chi connectivity index (χ3n) is 5.05. The molecular formula is C22H20F4N4O3. The number of aliphatic hydroxyl groups is 1. The molecule has 0 saturated heterocycles. The van der Waals surface area contributed by atoms with E-state index in [0.717, 1.165) is 6.07 Å². The second-order valence-electron chi connectivity index (χ2n) is 7.36. The molecule has 174 valence electrons. The SMILES string of the molecule is CNCc1cccc(C(F)(F)F)c1F.O=Cc1cc(C2(O)C=CC(=O)CC2)c2ncnn2c1. The first-order chi connectivity index (χ1) is 15.6. The highest BCUT2D eigenvalue weighted by molar-refractivity contribution is 5.91. The maximum atomic E-state index is 13.2. The lowest BCUT2D eigenvalue weighted by atomic mass is 9.84. The zero-order valence-electron chi connectivity index (χ0n) is 17.4. The minimum atomic E-state index is -4.63. The second kappa shape index (κ2) is 9.59. The number of nitrogens with zero attached hydrogens (tertiary/aromatic N) is 3. The van der Waals surface area contributed by atoms with Crippen LogP contribution in [0, 0.1) is 5.82 Å². The van der Waals surface area contributed by atoms with E-state index in [2.05, 4.69) is 15.4 Å². The van der Waals surface area contributed by atoms with Crippen molar-refractivity contribution in [2.45, 2.75) is 31.2 Å². The van der Waals surface area contributed by atoms with Crippen LogP contribution in [0.3, 0.4) is 0 Å². The third-order valence-corrected chi connectivity index (χ3v) is 5.05. The smallest absolute Gasteiger partial charge is 0.381 e. The van der Waals surface area contributed by atoms with Gasteiger partial charge in [-0.15, -0.1) is 0 Å². The quantitative estimate of drug-likeness (QED) is 0.455. The van der Waals surface area contributed by atoms with E-state index in [-0.39, 0.29) is 30.7 Å². The van der Waals surface area contributed by atoms with E-state index >= 15 is 0 Å². The van der Waals surface area contributed by atoms with Crippen molar-refractivity contribution in [1.29, 1.82) is 0 Å². The molecule has 33 heavy (non-hydrogen) atoms. The topological polar surface area (TPSA) is 96.6 Å². The van der Waals surface area contributed by atoms with Gasteiger partial charge < -0.3 is 10.4 Å². The number of pyridine rings is 1. The molecule has 4 rings (SSSR count). The molecule has 1 aliphatic carbocycles. The number of allylic oxidation sites excluding steroid dienone is 1. The molecule has 7 nitrogen and oxygen atoms in total. The highest BCUT2D eigenvalue weighted by Gasteiger charge is 2.35. The molecule has 0 aliphatic heterocycles. The molecule has 11 heteroatoms. The lowest BCUT2D eigenvalue weighted by molar-refractivity contribution is -0.140. The average Bonchev–Trinajstić information content (AvgIpc) is 3.25. The number of ketones is 1. The van der Waals surface area contributed by atoms with E-state index in [1.165, 1.54) is 35.1 Å². The Morgan fingerprint density at radius 1 is 1.33 bits per heavy atom. The predicted molar refractivity (Wildman–Crippen MR) is 110 cm³/mol. The first-order valence-electron chi connectivity index (χ1n) is 9.81. The van der Waals surface area contributed by atoms with Crippen molar-refractivity contribution in [2.75, 3.05) is 7.05 Å². The van der Waals surface area contributed by atoms with Crippen LogP contribution < -0.4 is 5.32 Å². The van der Waals surface area contributed by atoms with Gasteiger partial charge in [0.25, 0.3) is 0 Å². The molecule has 1 unspecified atom stereocenters. The van der Waals surface area contributed by atoms with E-state index in [1.807, 2.05) is 0 Å². The van der Waals surface area contributed by atoms with Crippen LogP contribution >= 0.6 is 0 Å². The van der Waals surface area contributed by atoms with Crippen LogP contribution in [0.4, 0.5) is 17.6 Å². The van der Waals surface area contributed by atoms with Gasteiger partial charge in [0.1, 0.15) is 17.7 Å². The molecule has 0 saturated carbocycles. The number of hydrogen-bond acceptors (Lipinski definition) is 6. The van der Waals surface area contributed by atoms with E-state index in [4.69, 9.17) is 0 Å². The van der Waals surface area contributed by atoms with Gasteiger partial charge in [-0.1, -0.05) is 12.1 Å². The van der Waals surface area contributed by atoms with Crippen molar-refractivity contribution in [1.82, 2.24) is 19.9 Å². The third kappa shape index (κ3) is 5.32. The van der Waals surface area contributed by atoms with Crippen molar-refractivity contribution in [3.05, 3.63) is 77.0 Å². The van der Waals surface area contributed by atoms with Crippen molar-refractivity contribution in [3.8, 4) is 0 Å². The predicted octanol–water partition coefficient (Wildman–Crippen LogP) is 3.21. The minimum Gasteiger partial charge on any atom is -0.381 e. The molecule has 2 heterocycles. The number of nitrogens with one attached hydrogen (secondary N) is 1. The van der Waals surface area contributed by atoms with Gasteiger partial charge in [-0.3, -0.25) is 9.59 Å². The number of aromatic nitrogens is 3. The monoisotopic (exact) mass is 464 g/mol. The molecular weight excluding hydrogens is 444 g/mol. The number of halogens is 4. The second-order valence-corrected chi connectivity index (χ2v) is 7.36. The Kier molecular flexibility index (Phi) is 7.04. The fourth-order valence-electron chi connectivity index (χ4n) is 3.39. The van der Waals surface area contributed by atoms with E-state index in [9.17, 15) is 32.3 Å². The highest BCUT2D eigenvalue weighted by Crippen LogP contribution is 2.34. The fraction of sp³-hybridized carbons (Fsp3) is 0.273. The number of rotatable bonds is 4. The maximum Gasteiger partial charge on any atom is 0.419 e. The Hall–Kier alpha value is -3.44. The molecule has 0 radical (unpaired) electrons. The summed E-state index contributed by atoms with van der Waals surface area (Å²) in [4.78, 5) is 26.3. The minimum absolute atomic E-state index is 0.0160. The molecule has 0 amide bonds. The van der Waals surface area contributed by atoms with Gasteiger partial charge in [0.15, 0.2) is 17.7 Å². The van der Waals surface area contributed by atoms with Gasteiger partial charge in [0.05, 0.1) is 5.56 Å². The Labute approximate surface area is 185 Å². The first-order valence-corrected chi connectivity index (χ1v) is 9.81. The van der Waals surface area contributed by atoms with Crippen LogP contribution in [0.5, 0.6) is 0 Å². The Balaban J connectivity index is 0.000000196. The number of carbonyl (C=O) groups excluding carboxylic acids is 2. The molecule has 0 spiro atoms. The van der Waals surface area contributed by atoms with Gasteiger partial charge in [-0.05, 0) is 37.8 Å². The highest BCUT2D eigenvalue weighted by atomic mass is 19.4. The number of alkyl halides is 3. The Morgan fingerprint density at radius 3 is 2.70 bits per heavy atom. The molecule has 1 aromatic carbocycles. The summed E-state index contributed by atoms with van der Waals surface area (Å²) in [6, 6.07) is 4.82. The van der Waals surface area contributed by atoms with Crippen molar-refractivity contribution in [2.24, 2.45) is 0 Å². The maximum absolute atomic E-state index is 13.2. The van der Waals surface area contributed by atoms with Crippen molar-refractivity contribution < 1.29 is 32.3 Å². The van der Waals surface area contributed by atoms with Crippen molar-refractivity contribution >= 4 is 17.7 Å². The lowest BCUT2D eigenvalue weighted by Crippen LogP contribution is -2.28. The Bertz CT molecular complexity index is 1210. The lowest BCUT2D eigenvalue weighted by Gasteiger charge is -2.27. The summed E-state index contributed by atoms with van der Waals surface area (Å²) >= 11 is 0. The van der Waals surface area contributed by atoms with Gasteiger partial charge in [0, 0.05) is 35.9 Å². The number of carbonyl (C=O) groups is 2. The average molecular weight is 464 g/mol. The standard InChI is InChI=1S/C13H11N3O3.C9H9F4N/c17-7-9-5-11(12-14-8-15-16(12)6-9)13(19)3-1-10(18)2-4-13;1-14-5-6-3-2-4-7(8(6)10)9(11,12)13/h1,3,5-8,19H,2,4H2;2-4,14H,5H2,1H3. The van der Waals surface area contributed by atoms with Crippen molar-refractivity contribution in [3.63, 3.8) is 0 Å².